The number of benzene rings is 1. The van der Waals surface area contributed by atoms with Gasteiger partial charge in [-0.2, -0.15) is 0 Å². The van der Waals surface area contributed by atoms with E-state index in [0.29, 0.717) is 18.8 Å². The molecule has 1 heterocycles. The van der Waals surface area contributed by atoms with Gasteiger partial charge in [0.1, 0.15) is 5.75 Å². The maximum absolute atomic E-state index is 10.6. The summed E-state index contributed by atoms with van der Waals surface area (Å²) in [4.78, 5) is 10.6. The van der Waals surface area contributed by atoms with E-state index in [-0.39, 0.29) is 12.5 Å². The number of hydrogen-bond acceptors (Lipinski definition) is 4. The summed E-state index contributed by atoms with van der Waals surface area (Å²) in [6.45, 7) is 2.22. The fourth-order valence-electron chi connectivity index (χ4n) is 2.23. The van der Waals surface area contributed by atoms with Crippen molar-refractivity contribution in [2.24, 2.45) is 0 Å². The molecule has 1 aromatic carbocycles. The second-order valence-electron chi connectivity index (χ2n) is 4.63. The van der Waals surface area contributed by atoms with Gasteiger partial charge in [-0.15, -0.1) is 0 Å². The molecule has 2 unspecified atom stereocenters. The highest BCUT2D eigenvalue weighted by Crippen LogP contribution is 2.39. The lowest BCUT2D eigenvalue weighted by Crippen LogP contribution is -2.24. The number of hydrogen-bond donors (Lipinski definition) is 1. The Hall–Kier alpha value is -1.59. The number of methoxy groups -OCH3 is 1. The SMILES string of the molecule is COc1ccccc1C1(C)OCC(CCC(=O)O)O1. The van der Waals surface area contributed by atoms with Crippen LogP contribution in [-0.4, -0.2) is 30.9 Å². The maximum Gasteiger partial charge on any atom is 0.303 e. The van der Waals surface area contributed by atoms with Gasteiger partial charge in [0.15, 0.2) is 5.79 Å². The van der Waals surface area contributed by atoms with Gasteiger partial charge in [0.25, 0.3) is 0 Å². The van der Waals surface area contributed by atoms with Crippen LogP contribution >= 0.6 is 0 Å². The van der Waals surface area contributed by atoms with Crippen LogP contribution in [-0.2, 0) is 20.1 Å². The smallest absolute Gasteiger partial charge is 0.303 e. The Bertz CT molecular complexity index is 459. The van der Waals surface area contributed by atoms with Gasteiger partial charge in [-0.3, -0.25) is 4.79 Å². The van der Waals surface area contributed by atoms with Crippen molar-refractivity contribution in [1.29, 1.82) is 0 Å². The molecule has 5 nitrogen and oxygen atoms in total. The molecule has 104 valence electrons. The number of aliphatic carboxylic acids is 1. The third-order valence-corrected chi connectivity index (χ3v) is 3.21. The van der Waals surface area contributed by atoms with Crippen molar-refractivity contribution < 1.29 is 24.1 Å². The summed E-state index contributed by atoms with van der Waals surface area (Å²) in [7, 11) is 1.60. The van der Waals surface area contributed by atoms with Crippen LogP contribution in [0.5, 0.6) is 5.75 Å². The summed E-state index contributed by atoms with van der Waals surface area (Å²) in [5.41, 5.74) is 0.815. The van der Waals surface area contributed by atoms with Crippen LogP contribution < -0.4 is 4.74 Å². The van der Waals surface area contributed by atoms with E-state index in [1.165, 1.54) is 0 Å². The molecule has 0 saturated carbocycles. The molecule has 1 aliphatic heterocycles. The molecular formula is C14H18O5. The Kier molecular flexibility index (Phi) is 4.07. The van der Waals surface area contributed by atoms with E-state index >= 15 is 0 Å². The highest BCUT2D eigenvalue weighted by Gasteiger charge is 2.40. The first-order valence-electron chi connectivity index (χ1n) is 6.22. The van der Waals surface area contributed by atoms with E-state index in [1.54, 1.807) is 7.11 Å². The largest absolute Gasteiger partial charge is 0.496 e. The molecule has 0 radical (unpaired) electrons. The van der Waals surface area contributed by atoms with Crippen LogP contribution in [0.4, 0.5) is 0 Å². The number of carboxylic acids is 1. The Morgan fingerprint density at radius 3 is 2.95 bits per heavy atom. The first kappa shape index (κ1) is 13.8. The number of carboxylic acid groups (broad SMARTS) is 1. The predicted octanol–water partition coefficient (Wildman–Crippen LogP) is 2.15. The van der Waals surface area contributed by atoms with Crippen LogP contribution in [0.25, 0.3) is 0 Å². The summed E-state index contributed by atoms with van der Waals surface area (Å²) < 4.78 is 16.9. The normalized spacial score (nSPS) is 26.3. The van der Waals surface area contributed by atoms with E-state index in [4.69, 9.17) is 19.3 Å². The molecular weight excluding hydrogens is 248 g/mol. The minimum atomic E-state index is -0.879. The second kappa shape index (κ2) is 5.59. The fourth-order valence-corrected chi connectivity index (χ4v) is 2.23. The van der Waals surface area contributed by atoms with Gasteiger partial charge in [-0.25, -0.2) is 0 Å². The highest BCUT2D eigenvalue weighted by atomic mass is 16.7. The minimum absolute atomic E-state index is 0.0794. The van der Waals surface area contributed by atoms with Gasteiger partial charge in [0, 0.05) is 6.42 Å². The third-order valence-electron chi connectivity index (χ3n) is 3.21. The maximum atomic E-state index is 10.6. The van der Waals surface area contributed by atoms with Crippen LogP contribution in [0.2, 0.25) is 0 Å². The average Bonchev–Trinajstić information content (AvgIpc) is 2.79. The van der Waals surface area contributed by atoms with Gasteiger partial charge in [-0.1, -0.05) is 12.1 Å². The third kappa shape index (κ3) is 3.05. The lowest BCUT2D eigenvalue weighted by atomic mass is 10.1. The topological polar surface area (TPSA) is 65.0 Å². The first-order valence-corrected chi connectivity index (χ1v) is 6.22. The van der Waals surface area contributed by atoms with Crippen molar-refractivity contribution in [1.82, 2.24) is 0 Å². The summed E-state index contributed by atoms with van der Waals surface area (Å²) in [5, 5.41) is 8.69. The van der Waals surface area contributed by atoms with Crippen LogP contribution in [0.15, 0.2) is 24.3 Å². The monoisotopic (exact) mass is 266 g/mol. The van der Waals surface area contributed by atoms with Crippen molar-refractivity contribution in [3.05, 3.63) is 29.8 Å². The van der Waals surface area contributed by atoms with Crippen molar-refractivity contribution in [2.45, 2.75) is 31.7 Å². The fraction of sp³-hybridized carbons (Fsp3) is 0.500. The molecule has 19 heavy (non-hydrogen) atoms. The van der Waals surface area contributed by atoms with E-state index in [2.05, 4.69) is 0 Å². The predicted molar refractivity (Wildman–Crippen MR) is 68.0 cm³/mol. The zero-order valence-electron chi connectivity index (χ0n) is 11.1. The van der Waals surface area contributed by atoms with Crippen molar-refractivity contribution >= 4 is 5.97 Å². The number of para-hydroxylation sites is 1. The van der Waals surface area contributed by atoms with Gasteiger partial charge in [0.2, 0.25) is 0 Å². The van der Waals surface area contributed by atoms with Gasteiger partial charge in [0.05, 0.1) is 25.4 Å². The van der Waals surface area contributed by atoms with E-state index < -0.39 is 11.8 Å². The molecule has 1 saturated heterocycles. The first-order chi connectivity index (χ1) is 9.05. The summed E-state index contributed by atoms with van der Waals surface area (Å²) in [6.07, 6.45) is 0.321. The second-order valence-corrected chi connectivity index (χ2v) is 4.63. The molecule has 1 N–H and O–H groups in total. The van der Waals surface area contributed by atoms with E-state index in [9.17, 15) is 4.79 Å². The quantitative estimate of drug-likeness (QED) is 0.884. The number of carbonyl (C=O) groups is 1. The number of ether oxygens (including phenoxy) is 3. The molecule has 0 amide bonds. The molecule has 5 heteroatoms. The standard InChI is InChI=1S/C14H18O5/c1-14(11-5-3-4-6-12(11)17-2)18-9-10(19-14)7-8-13(15)16/h3-6,10H,7-9H2,1-2H3,(H,15,16). The zero-order chi connectivity index (χ0) is 13.9. The number of rotatable bonds is 5. The molecule has 1 fully saturated rings. The summed E-state index contributed by atoms with van der Waals surface area (Å²) in [6, 6.07) is 7.50. The summed E-state index contributed by atoms with van der Waals surface area (Å²) >= 11 is 0. The molecule has 0 aromatic heterocycles. The molecule has 2 rings (SSSR count). The highest BCUT2D eigenvalue weighted by molar-refractivity contribution is 5.66. The molecule has 0 aliphatic carbocycles. The van der Waals surface area contributed by atoms with Crippen LogP contribution in [0, 0.1) is 0 Å². The van der Waals surface area contributed by atoms with E-state index in [0.717, 1.165) is 5.56 Å². The van der Waals surface area contributed by atoms with Crippen molar-refractivity contribution in [2.75, 3.05) is 13.7 Å². The van der Waals surface area contributed by atoms with Crippen molar-refractivity contribution in [3.8, 4) is 5.75 Å². The molecule has 2 atom stereocenters. The van der Waals surface area contributed by atoms with Crippen molar-refractivity contribution in [3.63, 3.8) is 0 Å². The molecule has 0 bridgehead atoms. The van der Waals surface area contributed by atoms with Gasteiger partial charge in [-0.05, 0) is 25.5 Å². The Morgan fingerprint density at radius 1 is 1.53 bits per heavy atom. The van der Waals surface area contributed by atoms with E-state index in [1.807, 2.05) is 31.2 Å². The Labute approximate surface area is 112 Å². The van der Waals surface area contributed by atoms with Crippen LogP contribution in [0.3, 0.4) is 0 Å². The van der Waals surface area contributed by atoms with Crippen LogP contribution in [0.1, 0.15) is 25.3 Å². The lowest BCUT2D eigenvalue weighted by molar-refractivity contribution is -0.164. The van der Waals surface area contributed by atoms with Gasteiger partial charge >= 0.3 is 5.97 Å². The van der Waals surface area contributed by atoms with Gasteiger partial charge < -0.3 is 19.3 Å². The molecule has 1 aliphatic rings. The molecule has 1 aromatic rings. The Morgan fingerprint density at radius 2 is 2.26 bits per heavy atom. The Balaban J connectivity index is 2.10. The lowest BCUT2D eigenvalue weighted by Gasteiger charge is -2.25. The summed E-state index contributed by atoms with van der Waals surface area (Å²) in [5.74, 6) is -1.01. The minimum Gasteiger partial charge on any atom is -0.496 e. The average molecular weight is 266 g/mol. The zero-order valence-corrected chi connectivity index (χ0v) is 11.1. The molecule has 0 spiro atoms.